The molecule has 0 saturated heterocycles. The zero-order valence-electron chi connectivity index (χ0n) is 12.3. The first-order chi connectivity index (χ1) is 9.16. The van der Waals surface area contributed by atoms with Gasteiger partial charge in [0.15, 0.2) is 0 Å². The number of imidazole rings is 1. The molecule has 0 N–H and O–H groups in total. The van der Waals surface area contributed by atoms with Gasteiger partial charge in [-0.25, -0.2) is 4.98 Å². The van der Waals surface area contributed by atoms with Crippen LogP contribution in [0.25, 0.3) is 0 Å². The second-order valence-corrected chi connectivity index (χ2v) is 5.46. The van der Waals surface area contributed by atoms with Crippen molar-refractivity contribution < 1.29 is 0 Å². The van der Waals surface area contributed by atoms with Crippen molar-refractivity contribution in [3.8, 4) is 0 Å². The van der Waals surface area contributed by atoms with Crippen LogP contribution in [0.3, 0.4) is 0 Å². The topological polar surface area (TPSA) is 17.8 Å². The molecule has 0 bridgehead atoms. The minimum absolute atomic E-state index is 1.10. The average molecular weight is 256 g/mol. The lowest BCUT2D eigenvalue weighted by atomic mass is 9.97. The van der Waals surface area contributed by atoms with Crippen LogP contribution in [0.5, 0.6) is 0 Å². The monoisotopic (exact) mass is 256 g/mol. The molecule has 1 aromatic heterocycles. The van der Waals surface area contributed by atoms with Crippen LogP contribution < -0.4 is 0 Å². The number of benzene rings is 1. The van der Waals surface area contributed by atoms with Crippen molar-refractivity contribution in [2.45, 2.75) is 46.0 Å². The lowest BCUT2D eigenvalue weighted by molar-refractivity contribution is 0.670. The summed E-state index contributed by atoms with van der Waals surface area (Å²) < 4.78 is 2.02. The Kier molecular flexibility index (Phi) is 4.78. The van der Waals surface area contributed by atoms with E-state index in [0.717, 1.165) is 6.42 Å². The van der Waals surface area contributed by atoms with Crippen LogP contribution in [0.15, 0.2) is 30.7 Å². The highest BCUT2D eigenvalue weighted by atomic mass is 15.0. The number of rotatable bonds is 6. The standard InChI is InChI=1S/C17H24N2/c1-14-8-7-9-15(2)17(14)11-6-4-5-10-16-12-19(3)13-18-16/h7-9,12-13H,4-6,10-11H2,1-3H3. The van der Waals surface area contributed by atoms with Gasteiger partial charge in [0.25, 0.3) is 0 Å². The van der Waals surface area contributed by atoms with Crippen LogP contribution in [0.1, 0.15) is 41.6 Å². The quantitative estimate of drug-likeness (QED) is 0.714. The second kappa shape index (κ2) is 6.55. The van der Waals surface area contributed by atoms with Gasteiger partial charge in [-0.1, -0.05) is 24.6 Å². The first-order valence-corrected chi connectivity index (χ1v) is 7.19. The van der Waals surface area contributed by atoms with Crippen molar-refractivity contribution in [2.24, 2.45) is 7.05 Å². The summed E-state index contributed by atoms with van der Waals surface area (Å²) in [6.45, 7) is 4.44. The van der Waals surface area contributed by atoms with Crippen molar-refractivity contribution in [1.29, 1.82) is 0 Å². The molecule has 0 fully saturated rings. The summed E-state index contributed by atoms with van der Waals surface area (Å²) in [6.07, 6.45) is 10.1. The molecule has 2 heteroatoms. The van der Waals surface area contributed by atoms with E-state index in [4.69, 9.17) is 0 Å². The lowest BCUT2D eigenvalue weighted by Crippen LogP contribution is -1.94. The van der Waals surface area contributed by atoms with Gasteiger partial charge < -0.3 is 4.57 Å². The van der Waals surface area contributed by atoms with E-state index in [0.29, 0.717) is 0 Å². The summed E-state index contributed by atoms with van der Waals surface area (Å²) in [5.74, 6) is 0. The predicted octanol–water partition coefficient (Wildman–Crippen LogP) is 3.99. The summed E-state index contributed by atoms with van der Waals surface area (Å²) in [6, 6.07) is 6.59. The zero-order chi connectivity index (χ0) is 13.7. The predicted molar refractivity (Wildman–Crippen MR) is 80.4 cm³/mol. The van der Waals surface area contributed by atoms with E-state index in [-0.39, 0.29) is 0 Å². The molecular weight excluding hydrogens is 232 g/mol. The Balaban J connectivity index is 1.72. The average Bonchev–Trinajstić information content (AvgIpc) is 2.78. The molecule has 102 valence electrons. The molecule has 0 amide bonds. The number of hydrogen-bond donors (Lipinski definition) is 0. The van der Waals surface area contributed by atoms with Crippen molar-refractivity contribution >= 4 is 0 Å². The van der Waals surface area contributed by atoms with E-state index >= 15 is 0 Å². The van der Waals surface area contributed by atoms with Crippen LogP contribution in [0, 0.1) is 13.8 Å². The van der Waals surface area contributed by atoms with Gasteiger partial charge in [-0.05, 0) is 56.2 Å². The molecule has 0 aliphatic rings. The molecule has 0 aliphatic carbocycles. The molecule has 0 radical (unpaired) electrons. The molecule has 0 spiro atoms. The molecular formula is C17H24N2. The van der Waals surface area contributed by atoms with Gasteiger partial charge in [-0.15, -0.1) is 0 Å². The van der Waals surface area contributed by atoms with E-state index in [2.05, 4.69) is 43.2 Å². The first kappa shape index (κ1) is 13.9. The number of aryl methyl sites for hydroxylation is 4. The first-order valence-electron chi connectivity index (χ1n) is 7.19. The highest BCUT2D eigenvalue weighted by Gasteiger charge is 2.02. The van der Waals surface area contributed by atoms with Gasteiger partial charge >= 0.3 is 0 Å². The Bertz CT molecular complexity index is 506. The molecule has 19 heavy (non-hydrogen) atoms. The minimum atomic E-state index is 1.10. The SMILES string of the molecule is Cc1cccc(C)c1CCCCCc1cn(C)cn1. The summed E-state index contributed by atoms with van der Waals surface area (Å²) >= 11 is 0. The summed E-state index contributed by atoms with van der Waals surface area (Å²) in [4.78, 5) is 4.36. The van der Waals surface area contributed by atoms with Crippen LogP contribution >= 0.6 is 0 Å². The molecule has 0 aliphatic heterocycles. The molecule has 0 saturated carbocycles. The Morgan fingerprint density at radius 1 is 1.00 bits per heavy atom. The van der Waals surface area contributed by atoms with Crippen molar-refractivity contribution in [3.05, 3.63) is 53.1 Å². The summed E-state index contributed by atoms with van der Waals surface area (Å²) in [5.41, 5.74) is 5.63. The number of unbranched alkanes of at least 4 members (excludes halogenated alkanes) is 2. The molecule has 1 aromatic carbocycles. The van der Waals surface area contributed by atoms with Crippen molar-refractivity contribution in [3.63, 3.8) is 0 Å². The number of hydrogen-bond acceptors (Lipinski definition) is 1. The van der Waals surface area contributed by atoms with E-state index in [9.17, 15) is 0 Å². The highest BCUT2D eigenvalue weighted by Crippen LogP contribution is 2.16. The third-order valence-corrected chi connectivity index (χ3v) is 3.76. The Hall–Kier alpha value is -1.57. The molecule has 2 aromatic rings. The zero-order valence-corrected chi connectivity index (χ0v) is 12.3. The smallest absolute Gasteiger partial charge is 0.0946 e. The highest BCUT2D eigenvalue weighted by molar-refractivity contribution is 5.33. The van der Waals surface area contributed by atoms with Gasteiger partial charge in [-0.3, -0.25) is 0 Å². The fourth-order valence-corrected chi connectivity index (χ4v) is 2.62. The van der Waals surface area contributed by atoms with E-state index in [1.807, 2.05) is 17.9 Å². The van der Waals surface area contributed by atoms with Gasteiger partial charge in [0.2, 0.25) is 0 Å². The summed E-state index contributed by atoms with van der Waals surface area (Å²) in [7, 11) is 2.03. The maximum Gasteiger partial charge on any atom is 0.0946 e. The Morgan fingerprint density at radius 3 is 2.32 bits per heavy atom. The molecule has 1 heterocycles. The van der Waals surface area contributed by atoms with E-state index < -0.39 is 0 Å². The third kappa shape index (κ3) is 3.95. The summed E-state index contributed by atoms with van der Waals surface area (Å²) in [5, 5.41) is 0. The lowest BCUT2D eigenvalue weighted by Gasteiger charge is -2.09. The molecule has 0 unspecified atom stereocenters. The van der Waals surface area contributed by atoms with Crippen LogP contribution in [-0.2, 0) is 19.9 Å². The maximum absolute atomic E-state index is 4.36. The molecule has 0 atom stereocenters. The van der Waals surface area contributed by atoms with Gasteiger partial charge in [0.05, 0.1) is 12.0 Å². The second-order valence-electron chi connectivity index (χ2n) is 5.46. The minimum Gasteiger partial charge on any atom is -0.340 e. The largest absolute Gasteiger partial charge is 0.340 e. The fourth-order valence-electron chi connectivity index (χ4n) is 2.62. The molecule has 2 nitrogen and oxygen atoms in total. The van der Waals surface area contributed by atoms with Gasteiger partial charge in [0.1, 0.15) is 0 Å². The van der Waals surface area contributed by atoms with Gasteiger partial charge in [0, 0.05) is 13.2 Å². The Labute approximate surface area is 116 Å². The van der Waals surface area contributed by atoms with E-state index in [1.165, 1.54) is 42.5 Å². The third-order valence-electron chi connectivity index (χ3n) is 3.76. The maximum atomic E-state index is 4.36. The Morgan fingerprint density at radius 2 is 1.68 bits per heavy atom. The van der Waals surface area contributed by atoms with E-state index in [1.54, 1.807) is 5.56 Å². The van der Waals surface area contributed by atoms with Crippen molar-refractivity contribution in [2.75, 3.05) is 0 Å². The normalized spacial score (nSPS) is 10.9. The fraction of sp³-hybridized carbons (Fsp3) is 0.471. The number of nitrogens with zero attached hydrogens (tertiary/aromatic N) is 2. The van der Waals surface area contributed by atoms with Crippen molar-refractivity contribution in [1.82, 2.24) is 9.55 Å². The van der Waals surface area contributed by atoms with Crippen LogP contribution in [-0.4, -0.2) is 9.55 Å². The van der Waals surface area contributed by atoms with Gasteiger partial charge in [-0.2, -0.15) is 0 Å². The van der Waals surface area contributed by atoms with Crippen LogP contribution in [0.4, 0.5) is 0 Å². The van der Waals surface area contributed by atoms with Crippen LogP contribution in [0.2, 0.25) is 0 Å². The number of aromatic nitrogens is 2. The molecule has 2 rings (SSSR count).